The summed E-state index contributed by atoms with van der Waals surface area (Å²) in [5.74, 6) is -0.179. The smallest absolute Gasteiger partial charge is 0.253 e. The van der Waals surface area contributed by atoms with Crippen molar-refractivity contribution in [3.05, 3.63) is 61.0 Å². The summed E-state index contributed by atoms with van der Waals surface area (Å²) in [5, 5.41) is 2.94. The minimum Gasteiger partial charge on any atom is -0.369 e. The number of aromatic amines is 1. The average molecular weight is 489 g/mol. The molecule has 2 aromatic rings. The van der Waals surface area contributed by atoms with Crippen molar-refractivity contribution in [2.75, 3.05) is 11.4 Å². The molecule has 1 amide bonds. The lowest BCUT2D eigenvalue weighted by Gasteiger charge is -2.38. The van der Waals surface area contributed by atoms with Crippen molar-refractivity contribution in [2.24, 2.45) is 5.73 Å². The normalized spacial score (nSPS) is 18.6. The van der Waals surface area contributed by atoms with Gasteiger partial charge in [0.2, 0.25) is 0 Å². The van der Waals surface area contributed by atoms with E-state index in [1.54, 1.807) is 0 Å². The number of nitrogens with zero attached hydrogens (tertiary/aromatic N) is 1. The molecule has 0 atom stereocenters. The second-order valence-corrected chi connectivity index (χ2v) is 9.49. The predicted octanol–water partition coefficient (Wildman–Crippen LogP) is 4.09. The molecular weight excluding hydrogens is 456 g/mol. The number of benzene rings is 1. The highest BCUT2D eigenvalue weighted by Crippen LogP contribution is 2.33. The Balaban J connectivity index is 1.84. The van der Waals surface area contributed by atoms with Gasteiger partial charge in [-0.05, 0) is 82.7 Å². The number of carbonyl (C=O) groups excluding carboxylic acids is 1. The highest BCUT2D eigenvalue weighted by Gasteiger charge is 2.26. The number of H-pyrrole nitrogens is 1. The molecule has 0 radical (unpaired) electrons. The third-order valence-corrected chi connectivity index (χ3v) is 6.80. The van der Waals surface area contributed by atoms with Crippen LogP contribution in [0.25, 0.3) is 0 Å². The monoisotopic (exact) mass is 488 g/mol. The van der Waals surface area contributed by atoms with Crippen LogP contribution in [0.3, 0.4) is 0 Å². The number of aryl methyl sites for hydroxylation is 2. The van der Waals surface area contributed by atoms with Gasteiger partial charge in [-0.25, -0.2) is 0 Å². The van der Waals surface area contributed by atoms with Gasteiger partial charge in [-0.1, -0.05) is 15.9 Å². The summed E-state index contributed by atoms with van der Waals surface area (Å²) < 4.78 is 0.869. The Morgan fingerprint density at radius 2 is 1.87 bits per heavy atom. The summed E-state index contributed by atoms with van der Waals surface area (Å²) in [7, 11) is 0. The maximum absolute atomic E-state index is 13.1. The largest absolute Gasteiger partial charge is 0.369 e. The summed E-state index contributed by atoms with van der Waals surface area (Å²) in [6.07, 6.45) is 4.20. The van der Waals surface area contributed by atoms with Gasteiger partial charge in [0.1, 0.15) is 0 Å². The topological polar surface area (TPSA) is 91.2 Å². The van der Waals surface area contributed by atoms with Gasteiger partial charge in [-0.15, -0.1) is 0 Å². The fourth-order valence-electron chi connectivity index (χ4n) is 4.60. The molecule has 3 rings (SSSR count). The molecule has 0 aliphatic heterocycles. The van der Waals surface area contributed by atoms with Crippen LogP contribution in [0.1, 0.15) is 65.3 Å². The molecule has 1 aliphatic rings. The van der Waals surface area contributed by atoms with Crippen molar-refractivity contribution in [3.8, 4) is 0 Å². The predicted molar refractivity (Wildman–Crippen MR) is 130 cm³/mol. The Morgan fingerprint density at radius 1 is 1.19 bits per heavy atom. The third kappa shape index (κ3) is 5.39. The Kier molecular flexibility index (Phi) is 7.59. The standard InChI is InChI=1S/C24H33BrN4O2/c1-5-29(19-8-6-18(26)7-9-19)22-12-17(25)11-20(16(22)4)23(30)27-13-21-14(2)10-15(3)28-24(21)31/h10-12,18-19H,5-9,13,26H2,1-4H3,(H,27,30)(H,28,31). The molecule has 0 unspecified atom stereocenters. The number of halogens is 1. The molecule has 1 saturated carbocycles. The van der Waals surface area contributed by atoms with Crippen LogP contribution >= 0.6 is 15.9 Å². The molecule has 6 nitrogen and oxygen atoms in total. The van der Waals surface area contributed by atoms with E-state index in [1.807, 2.05) is 32.9 Å². The highest BCUT2D eigenvalue weighted by molar-refractivity contribution is 9.10. The zero-order valence-electron chi connectivity index (χ0n) is 18.8. The molecule has 0 bridgehead atoms. The van der Waals surface area contributed by atoms with Gasteiger partial charge >= 0.3 is 0 Å². The van der Waals surface area contributed by atoms with Crippen molar-refractivity contribution in [1.82, 2.24) is 10.3 Å². The van der Waals surface area contributed by atoms with Crippen molar-refractivity contribution < 1.29 is 4.79 Å². The lowest BCUT2D eigenvalue weighted by atomic mass is 9.90. The molecule has 168 valence electrons. The molecule has 7 heteroatoms. The Hall–Kier alpha value is -2.12. The summed E-state index contributed by atoms with van der Waals surface area (Å²) in [5.41, 5.74) is 10.9. The van der Waals surface area contributed by atoms with Crippen molar-refractivity contribution in [3.63, 3.8) is 0 Å². The first-order valence-electron chi connectivity index (χ1n) is 11.0. The van der Waals surface area contributed by atoms with Crippen LogP contribution < -0.4 is 21.5 Å². The van der Waals surface area contributed by atoms with Crippen LogP contribution in [0, 0.1) is 20.8 Å². The lowest BCUT2D eigenvalue weighted by Crippen LogP contribution is -2.41. The van der Waals surface area contributed by atoms with Gasteiger partial charge < -0.3 is 20.9 Å². The van der Waals surface area contributed by atoms with E-state index in [0.717, 1.165) is 59.2 Å². The number of rotatable bonds is 6. The molecule has 1 aromatic carbocycles. The first kappa shape index (κ1) is 23.5. The summed E-state index contributed by atoms with van der Waals surface area (Å²) in [4.78, 5) is 30.6. The van der Waals surface area contributed by atoms with E-state index in [-0.39, 0.29) is 18.0 Å². The zero-order chi connectivity index (χ0) is 22.7. The second kappa shape index (κ2) is 10.0. The minimum absolute atomic E-state index is 0.155. The van der Waals surface area contributed by atoms with E-state index >= 15 is 0 Å². The van der Waals surface area contributed by atoms with Gasteiger partial charge in [0, 0.05) is 52.2 Å². The van der Waals surface area contributed by atoms with Gasteiger partial charge in [-0.2, -0.15) is 0 Å². The SMILES string of the molecule is CCN(c1cc(Br)cc(C(=O)NCc2c(C)cc(C)[nH]c2=O)c1C)C1CCC(N)CC1. The number of amides is 1. The number of anilines is 1. The molecule has 1 fully saturated rings. The van der Waals surface area contributed by atoms with E-state index in [4.69, 9.17) is 5.73 Å². The maximum atomic E-state index is 13.1. The lowest BCUT2D eigenvalue weighted by molar-refractivity contribution is 0.0950. The number of hydrogen-bond acceptors (Lipinski definition) is 4. The van der Waals surface area contributed by atoms with E-state index in [1.165, 1.54) is 0 Å². The molecular formula is C24H33BrN4O2. The quantitative estimate of drug-likeness (QED) is 0.570. The Morgan fingerprint density at radius 3 is 2.48 bits per heavy atom. The summed E-state index contributed by atoms with van der Waals surface area (Å²) in [6, 6.07) is 6.60. The van der Waals surface area contributed by atoms with Gasteiger partial charge in [0.25, 0.3) is 11.5 Å². The molecule has 0 spiro atoms. The number of carbonyl (C=O) groups is 1. The van der Waals surface area contributed by atoms with Gasteiger partial charge in [0.15, 0.2) is 0 Å². The van der Waals surface area contributed by atoms with E-state index < -0.39 is 0 Å². The van der Waals surface area contributed by atoms with Crippen LogP contribution in [0.2, 0.25) is 0 Å². The Bertz CT molecular complexity index is 1010. The number of pyridine rings is 1. The zero-order valence-corrected chi connectivity index (χ0v) is 20.4. The van der Waals surface area contributed by atoms with Gasteiger partial charge in [0.05, 0.1) is 0 Å². The molecule has 4 N–H and O–H groups in total. The van der Waals surface area contributed by atoms with Crippen molar-refractivity contribution in [2.45, 2.75) is 72.0 Å². The molecule has 0 saturated heterocycles. The van der Waals surface area contributed by atoms with E-state index in [0.29, 0.717) is 23.2 Å². The first-order valence-corrected chi connectivity index (χ1v) is 11.8. The average Bonchev–Trinajstić information content (AvgIpc) is 2.71. The molecule has 31 heavy (non-hydrogen) atoms. The van der Waals surface area contributed by atoms with Crippen LogP contribution in [0.15, 0.2) is 27.5 Å². The molecule has 1 heterocycles. The van der Waals surface area contributed by atoms with Crippen molar-refractivity contribution in [1.29, 1.82) is 0 Å². The van der Waals surface area contributed by atoms with Gasteiger partial charge in [-0.3, -0.25) is 9.59 Å². The Labute approximate surface area is 192 Å². The van der Waals surface area contributed by atoms with Crippen LogP contribution in [0.4, 0.5) is 5.69 Å². The van der Waals surface area contributed by atoms with Crippen molar-refractivity contribution >= 4 is 27.5 Å². The maximum Gasteiger partial charge on any atom is 0.253 e. The highest BCUT2D eigenvalue weighted by atomic mass is 79.9. The van der Waals surface area contributed by atoms with Crippen LogP contribution in [0.5, 0.6) is 0 Å². The summed E-state index contributed by atoms with van der Waals surface area (Å²) >= 11 is 3.59. The summed E-state index contributed by atoms with van der Waals surface area (Å²) in [6.45, 7) is 8.96. The molecule has 1 aliphatic carbocycles. The number of nitrogens with two attached hydrogens (primary N) is 1. The van der Waals surface area contributed by atoms with E-state index in [9.17, 15) is 9.59 Å². The van der Waals surface area contributed by atoms with E-state index in [2.05, 4.69) is 44.1 Å². The first-order chi connectivity index (χ1) is 14.7. The number of nitrogens with one attached hydrogen (secondary N) is 2. The van der Waals surface area contributed by atoms with Crippen LogP contribution in [-0.2, 0) is 6.54 Å². The van der Waals surface area contributed by atoms with Crippen LogP contribution in [-0.4, -0.2) is 29.5 Å². The fraction of sp³-hybridized carbons (Fsp3) is 0.500. The number of hydrogen-bond donors (Lipinski definition) is 3. The molecule has 1 aromatic heterocycles. The number of aromatic nitrogens is 1. The third-order valence-electron chi connectivity index (χ3n) is 6.34. The second-order valence-electron chi connectivity index (χ2n) is 8.58. The minimum atomic E-state index is -0.179. The fourth-order valence-corrected chi connectivity index (χ4v) is 5.05.